The number of hydrogen-bond acceptors (Lipinski definition) is 7. The van der Waals surface area contributed by atoms with Crippen molar-refractivity contribution in [3.8, 4) is 0 Å². The van der Waals surface area contributed by atoms with Crippen molar-refractivity contribution in [2.45, 2.75) is 0 Å². The Hall–Kier alpha value is -2.88. The lowest BCUT2D eigenvalue weighted by Crippen LogP contribution is -2.16. The summed E-state index contributed by atoms with van der Waals surface area (Å²) in [6, 6.07) is 2.46. The summed E-state index contributed by atoms with van der Waals surface area (Å²) in [6.07, 6.45) is 2.40. The Morgan fingerprint density at radius 3 is 2.60 bits per heavy atom. The lowest BCUT2D eigenvalue weighted by molar-refractivity contribution is -0.380. The first-order valence-electron chi connectivity index (χ1n) is 5.09. The molecule has 2 heterocycles. The number of thiophene rings is 1. The van der Waals surface area contributed by atoms with E-state index < -0.39 is 22.5 Å². The van der Waals surface area contributed by atoms with Crippen LogP contribution < -0.4 is 5.32 Å². The first kappa shape index (κ1) is 13.5. The highest BCUT2D eigenvalue weighted by molar-refractivity contribution is 7.17. The Morgan fingerprint density at radius 1 is 1.30 bits per heavy atom. The maximum absolute atomic E-state index is 11.8. The number of nitrogens with zero attached hydrogens (tertiary/aromatic N) is 3. The first-order valence-corrected chi connectivity index (χ1v) is 5.90. The molecule has 2 aromatic heterocycles. The molecule has 0 saturated carbocycles. The normalized spacial score (nSPS) is 10.0. The molecule has 2 aromatic rings. The summed E-state index contributed by atoms with van der Waals surface area (Å²) in [5, 5.41) is 21.5. The van der Waals surface area contributed by atoms with Gasteiger partial charge in [0.15, 0.2) is 11.5 Å². The van der Waals surface area contributed by atoms with E-state index in [-0.39, 0.29) is 15.7 Å². The fraction of sp³-hybridized carbons (Fsp3) is 0. The lowest BCUT2D eigenvalue weighted by Gasteiger charge is -2.04. The minimum Gasteiger partial charge on any atom is -0.476 e. The van der Waals surface area contributed by atoms with Gasteiger partial charge < -0.3 is 10.4 Å². The van der Waals surface area contributed by atoms with Crippen LogP contribution in [0.1, 0.15) is 20.2 Å². The molecule has 20 heavy (non-hydrogen) atoms. The molecular weight excluding hydrogens is 288 g/mol. The van der Waals surface area contributed by atoms with Crippen LogP contribution in [0.4, 0.5) is 10.8 Å². The van der Waals surface area contributed by atoms with Gasteiger partial charge >= 0.3 is 11.0 Å². The van der Waals surface area contributed by atoms with Gasteiger partial charge in [0, 0.05) is 18.5 Å². The van der Waals surface area contributed by atoms with Crippen LogP contribution in [-0.4, -0.2) is 31.9 Å². The number of nitro groups is 1. The van der Waals surface area contributed by atoms with Crippen LogP contribution in [0.5, 0.6) is 0 Å². The average molecular weight is 294 g/mol. The molecule has 0 aliphatic carbocycles. The number of carboxylic acid groups (broad SMARTS) is 1. The molecule has 2 rings (SSSR count). The van der Waals surface area contributed by atoms with Crippen LogP contribution in [0.15, 0.2) is 24.5 Å². The van der Waals surface area contributed by atoms with Gasteiger partial charge in [0.05, 0.1) is 9.80 Å². The summed E-state index contributed by atoms with van der Waals surface area (Å²) >= 11 is 0.676. The van der Waals surface area contributed by atoms with Crippen LogP contribution in [0.2, 0.25) is 0 Å². The number of aromatic carboxylic acids is 1. The minimum absolute atomic E-state index is 0.0682. The number of nitrogens with one attached hydrogen (secondary N) is 1. The zero-order valence-corrected chi connectivity index (χ0v) is 10.5. The monoisotopic (exact) mass is 294 g/mol. The Labute approximate surface area is 115 Å². The number of amides is 1. The fourth-order valence-electron chi connectivity index (χ4n) is 1.30. The van der Waals surface area contributed by atoms with Gasteiger partial charge in [-0.2, -0.15) is 0 Å². The van der Waals surface area contributed by atoms with E-state index in [1.807, 2.05) is 0 Å². The average Bonchev–Trinajstić information content (AvgIpc) is 2.89. The number of rotatable bonds is 4. The van der Waals surface area contributed by atoms with Crippen LogP contribution in [0, 0.1) is 10.1 Å². The molecule has 0 spiro atoms. The number of carbonyl (C=O) groups excluding carboxylic acids is 1. The van der Waals surface area contributed by atoms with Gasteiger partial charge in [-0.1, -0.05) is 11.3 Å². The van der Waals surface area contributed by atoms with E-state index in [0.717, 1.165) is 0 Å². The van der Waals surface area contributed by atoms with Crippen molar-refractivity contribution in [2.24, 2.45) is 0 Å². The molecule has 10 heteroatoms. The Balaban J connectivity index is 2.23. The molecule has 2 N–H and O–H groups in total. The summed E-state index contributed by atoms with van der Waals surface area (Å²) in [5.74, 6) is -2.25. The molecule has 0 radical (unpaired) electrons. The molecule has 9 nitrogen and oxygen atoms in total. The second-order valence-electron chi connectivity index (χ2n) is 3.41. The van der Waals surface area contributed by atoms with E-state index in [1.54, 1.807) is 0 Å². The van der Waals surface area contributed by atoms with Crippen molar-refractivity contribution in [3.05, 3.63) is 45.2 Å². The van der Waals surface area contributed by atoms with E-state index >= 15 is 0 Å². The van der Waals surface area contributed by atoms with Gasteiger partial charge in [0.1, 0.15) is 0 Å². The maximum atomic E-state index is 11.8. The van der Waals surface area contributed by atoms with E-state index in [2.05, 4.69) is 15.3 Å². The van der Waals surface area contributed by atoms with Gasteiger partial charge in [-0.25, -0.2) is 14.8 Å². The molecule has 0 unspecified atom stereocenters. The van der Waals surface area contributed by atoms with Crippen LogP contribution in [-0.2, 0) is 0 Å². The molecule has 0 atom stereocenters. The van der Waals surface area contributed by atoms with E-state index in [1.165, 1.54) is 24.5 Å². The molecule has 0 aromatic carbocycles. The van der Waals surface area contributed by atoms with Gasteiger partial charge in [-0.05, 0) is 6.07 Å². The van der Waals surface area contributed by atoms with Crippen molar-refractivity contribution in [3.63, 3.8) is 0 Å². The quantitative estimate of drug-likeness (QED) is 0.642. The summed E-state index contributed by atoms with van der Waals surface area (Å²) in [6.45, 7) is 0. The van der Waals surface area contributed by atoms with Crippen molar-refractivity contribution in [2.75, 3.05) is 5.32 Å². The summed E-state index contributed by atoms with van der Waals surface area (Å²) in [7, 11) is 0. The van der Waals surface area contributed by atoms with Gasteiger partial charge in [0.2, 0.25) is 0 Å². The Morgan fingerprint density at radius 2 is 2.00 bits per heavy atom. The number of anilines is 1. The van der Waals surface area contributed by atoms with Gasteiger partial charge in [-0.15, -0.1) is 0 Å². The first-order chi connectivity index (χ1) is 9.49. The van der Waals surface area contributed by atoms with Crippen molar-refractivity contribution in [1.29, 1.82) is 0 Å². The van der Waals surface area contributed by atoms with Crippen molar-refractivity contribution >= 4 is 34.0 Å². The minimum atomic E-state index is -1.34. The van der Waals surface area contributed by atoms with E-state index in [9.17, 15) is 19.7 Å². The smallest absolute Gasteiger partial charge is 0.358 e. The van der Waals surface area contributed by atoms with Crippen LogP contribution in [0.3, 0.4) is 0 Å². The van der Waals surface area contributed by atoms with Crippen molar-refractivity contribution < 1.29 is 19.6 Å². The zero-order chi connectivity index (χ0) is 14.7. The summed E-state index contributed by atoms with van der Waals surface area (Å²) in [5.41, 5.74) is -0.410. The molecule has 0 aliphatic rings. The Kier molecular flexibility index (Phi) is 3.66. The third-order valence-electron chi connectivity index (χ3n) is 2.13. The molecule has 102 valence electrons. The predicted molar refractivity (Wildman–Crippen MR) is 67.9 cm³/mol. The second kappa shape index (κ2) is 5.40. The third kappa shape index (κ3) is 2.75. The predicted octanol–water partition coefficient (Wildman–Crippen LogP) is 1.40. The molecule has 0 fully saturated rings. The standard InChI is InChI=1S/C10H6N4O5S/c15-9(5-1-2-6(20-5)14(18)19)13-8-7(10(16)17)11-3-4-12-8/h1-4H,(H,16,17)(H,12,13,15). The van der Waals surface area contributed by atoms with E-state index in [4.69, 9.17) is 5.11 Å². The molecule has 1 amide bonds. The maximum Gasteiger partial charge on any atom is 0.358 e. The third-order valence-corrected chi connectivity index (χ3v) is 3.16. The molecule has 0 bridgehead atoms. The number of aromatic nitrogens is 2. The topological polar surface area (TPSA) is 135 Å². The second-order valence-corrected chi connectivity index (χ2v) is 4.47. The zero-order valence-electron chi connectivity index (χ0n) is 9.64. The highest BCUT2D eigenvalue weighted by Crippen LogP contribution is 2.24. The molecular formula is C10H6N4O5S. The number of carbonyl (C=O) groups is 2. The largest absolute Gasteiger partial charge is 0.476 e. The summed E-state index contributed by atoms with van der Waals surface area (Å²) < 4.78 is 0. The van der Waals surface area contributed by atoms with Crippen LogP contribution >= 0.6 is 11.3 Å². The SMILES string of the molecule is O=C(Nc1nccnc1C(=O)O)c1ccc([N+](=O)[O-])s1. The number of carboxylic acids is 1. The molecule has 0 aliphatic heterocycles. The Bertz CT molecular complexity index is 698. The summed E-state index contributed by atoms with van der Waals surface area (Å²) in [4.78, 5) is 40.0. The highest BCUT2D eigenvalue weighted by Gasteiger charge is 2.19. The number of hydrogen-bond donors (Lipinski definition) is 2. The molecule has 0 saturated heterocycles. The lowest BCUT2D eigenvalue weighted by atomic mass is 10.4. The van der Waals surface area contributed by atoms with Gasteiger partial charge in [-0.3, -0.25) is 14.9 Å². The van der Waals surface area contributed by atoms with Crippen molar-refractivity contribution in [1.82, 2.24) is 9.97 Å². The van der Waals surface area contributed by atoms with Gasteiger partial charge in [0.25, 0.3) is 5.91 Å². The fourth-order valence-corrected chi connectivity index (χ4v) is 2.02. The highest BCUT2D eigenvalue weighted by atomic mass is 32.1. The van der Waals surface area contributed by atoms with E-state index in [0.29, 0.717) is 11.3 Å². The van der Waals surface area contributed by atoms with Crippen LogP contribution in [0.25, 0.3) is 0 Å².